The highest BCUT2D eigenvalue weighted by Crippen LogP contribution is 2.40. The van der Waals surface area contributed by atoms with Crippen molar-refractivity contribution in [2.24, 2.45) is 0 Å². The van der Waals surface area contributed by atoms with Crippen molar-refractivity contribution in [3.05, 3.63) is 63.6 Å². The van der Waals surface area contributed by atoms with Crippen LogP contribution in [0.3, 0.4) is 0 Å². The van der Waals surface area contributed by atoms with Crippen molar-refractivity contribution < 1.29 is 13.5 Å². The van der Waals surface area contributed by atoms with E-state index in [-0.39, 0.29) is 31.8 Å². The number of sulfone groups is 1. The minimum absolute atomic E-state index is 0.0872. The minimum Gasteiger partial charge on any atom is -0.507 e. The third-order valence-electron chi connectivity index (χ3n) is 5.48. The maximum Gasteiger partial charge on any atom is 0.216 e. The zero-order chi connectivity index (χ0) is 24.7. The van der Waals surface area contributed by atoms with E-state index in [9.17, 15) is 18.8 Å². The fourth-order valence-electron chi connectivity index (χ4n) is 3.47. The lowest BCUT2D eigenvalue weighted by molar-refractivity contribution is 0.423. The number of rotatable bonds is 3. The summed E-state index contributed by atoms with van der Waals surface area (Å²) in [5.41, 5.74) is 2.19. The van der Waals surface area contributed by atoms with E-state index in [4.69, 9.17) is 0 Å². The number of phenolic OH excluding ortho intramolecular Hbond substituents is 1. The van der Waals surface area contributed by atoms with Gasteiger partial charge in [-0.2, -0.15) is 5.26 Å². The first kappa shape index (κ1) is 25.7. The highest BCUT2D eigenvalue weighted by atomic mass is 32.2. The lowest BCUT2D eigenvalue weighted by Gasteiger charge is -2.28. The molecule has 0 atom stereocenters. The number of hydrogen-bond donors (Lipinski definition) is 1. The second kappa shape index (κ2) is 8.41. The Morgan fingerprint density at radius 3 is 1.62 bits per heavy atom. The lowest BCUT2D eigenvalue weighted by atomic mass is 9.78. The Morgan fingerprint density at radius 1 is 0.844 bits per heavy atom. The molecule has 0 aliphatic heterocycles. The molecule has 0 amide bonds. The fraction of sp³-hybridized carbons (Fsp3) is 0.444. The molecular formula is C27H35NO3S. The molecular weight excluding hydrogens is 418 g/mol. The average molecular weight is 454 g/mol. The first-order valence-electron chi connectivity index (χ1n) is 10.7. The lowest BCUT2D eigenvalue weighted by Crippen LogP contribution is -2.17. The zero-order valence-corrected chi connectivity index (χ0v) is 21.5. The molecule has 0 saturated carbocycles. The molecule has 5 heteroatoms. The number of hydrogen-bond acceptors (Lipinski definition) is 4. The van der Waals surface area contributed by atoms with Gasteiger partial charge in [-0.3, -0.25) is 0 Å². The van der Waals surface area contributed by atoms with Crippen molar-refractivity contribution in [1.82, 2.24) is 0 Å². The van der Waals surface area contributed by atoms with Crippen LogP contribution in [-0.4, -0.2) is 13.5 Å². The Kier molecular flexibility index (Phi) is 6.74. The Bertz CT molecular complexity index is 1140. The van der Waals surface area contributed by atoms with Gasteiger partial charge in [0.2, 0.25) is 9.84 Å². The zero-order valence-electron chi connectivity index (χ0n) is 20.7. The Labute approximate surface area is 193 Å². The molecule has 0 aliphatic rings. The van der Waals surface area contributed by atoms with Crippen LogP contribution in [0, 0.1) is 11.3 Å². The van der Waals surface area contributed by atoms with Gasteiger partial charge in [0.05, 0.1) is 4.90 Å². The summed E-state index contributed by atoms with van der Waals surface area (Å²) in [5.74, 6) is 0.210. The molecule has 32 heavy (non-hydrogen) atoms. The van der Waals surface area contributed by atoms with E-state index in [0.717, 1.165) is 5.56 Å². The second-order valence-electron chi connectivity index (χ2n) is 11.4. The summed E-state index contributed by atoms with van der Waals surface area (Å²) in [6.45, 7) is 18.1. The molecule has 0 fully saturated rings. The predicted molar refractivity (Wildman–Crippen MR) is 131 cm³/mol. The van der Waals surface area contributed by atoms with Crippen LogP contribution >= 0.6 is 0 Å². The molecule has 2 aromatic carbocycles. The van der Waals surface area contributed by atoms with Crippen molar-refractivity contribution >= 4 is 15.9 Å². The molecule has 0 aliphatic carbocycles. The molecule has 4 nitrogen and oxygen atoms in total. The largest absolute Gasteiger partial charge is 0.507 e. The van der Waals surface area contributed by atoms with Gasteiger partial charge in [-0.15, -0.1) is 0 Å². The van der Waals surface area contributed by atoms with Crippen LogP contribution in [0.4, 0.5) is 0 Å². The van der Waals surface area contributed by atoms with Gasteiger partial charge in [0.15, 0.2) is 0 Å². The monoisotopic (exact) mass is 453 g/mol. The Balaban J connectivity index is 2.68. The molecule has 2 aromatic rings. The maximum atomic E-state index is 13.2. The normalized spacial score (nSPS) is 13.7. The van der Waals surface area contributed by atoms with E-state index in [2.05, 4.69) is 20.8 Å². The SMILES string of the molecule is CC(C)(C)c1ccc(S(=O)(=O)C(C#N)=Cc2cc(C(C)(C)C)c(O)c(C(C)(C)C)c2)cc1. The average Bonchev–Trinajstić information content (AvgIpc) is 2.64. The van der Waals surface area contributed by atoms with Crippen LogP contribution in [0.15, 0.2) is 46.2 Å². The van der Waals surface area contributed by atoms with E-state index < -0.39 is 9.84 Å². The minimum atomic E-state index is -3.98. The quantitative estimate of drug-likeness (QED) is 0.530. The van der Waals surface area contributed by atoms with Gasteiger partial charge < -0.3 is 5.11 Å². The number of benzene rings is 2. The Hall–Kier alpha value is -2.58. The molecule has 0 saturated heterocycles. The third-order valence-corrected chi connectivity index (χ3v) is 7.16. The predicted octanol–water partition coefficient (Wildman–Crippen LogP) is 6.62. The standard InChI is InChI=1S/C27H35NO3S/c1-25(2,3)19-10-12-20(13-11-19)32(30,31)21(17-28)14-18-15-22(26(4,5)6)24(29)23(16-18)27(7,8)9/h10-16,29H,1-9H3. The summed E-state index contributed by atoms with van der Waals surface area (Å²) in [6, 6.07) is 12.1. The van der Waals surface area contributed by atoms with Gasteiger partial charge in [-0.25, -0.2) is 8.42 Å². The summed E-state index contributed by atoms with van der Waals surface area (Å²) in [6.07, 6.45) is 1.40. The number of allylic oxidation sites excluding steroid dienone is 1. The van der Waals surface area contributed by atoms with Gasteiger partial charge in [-0.1, -0.05) is 74.4 Å². The third kappa shape index (κ3) is 5.42. The molecule has 0 aromatic heterocycles. The van der Waals surface area contributed by atoms with Gasteiger partial charge in [0.25, 0.3) is 0 Å². The van der Waals surface area contributed by atoms with E-state index in [1.807, 2.05) is 47.6 Å². The molecule has 1 N–H and O–H groups in total. The van der Waals surface area contributed by atoms with Gasteiger partial charge in [0, 0.05) is 11.1 Å². The van der Waals surface area contributed by atoms with Crippen LogP contribution in [0.1, 0.15) is 84.6 Å². The fourth-order valence-corrected chi connectivity index (χ4v) is 4.63. The van der Waals surface area contributed by atoms with Crippen molar-refractivity contribution in [2.45, 2.75) is 83.5 Å². The van der Waals surface area contributed by atoms with Crippen LogP contribution in [0.5, 0.6) is 5.75 Å². The maximum absolute atomic E-state index is 13.2. The van der Waals surface area contributed by atoms with Crippen LogP contribution < -0.4 is 0 Å². The van der Waals surface area contributed by atoms with Crippen LogP contribution in [-0.2, 0) is 26.1 Å². The molecule has 172 valence electrons. The molecule has 0 bridgehead atoms. The first-order valence-corrected chi connectivity index (χ1v) is 12.2. The van der Waals surface area contributed by atoms with Crippen molar-refractivity contribution in [2.75, 3.05) is 0 Å². The smallest absolute Gasteiger partial charge is 0.216 e. The van der Waals surface area contributed by atoms with Crippen LogP contribution in [0.2, 0.25) is 0 Å². The molecule has 0 radical (unpaired) electrons. The summed E-state index contributed by atoms with van der Waals surface area (Å²) in [7, 11) is -3.98. The van der Waals surface area contributed by atoms with E-state index in [1.165, 1.54) is 6.08 Å². The van der Waals surface area contributed by atoms with E-state index in [1.54, 1.807) is 36.4 Å². The van der Waals surface area contributed by atoms with Crippen molar-refractivity contribution in [3.63, 3.8) is 0 Å². The highest BCUT2D eigenvalue weighted by molar-refractivity contribution is 7.95. The highest BCUT2D eigenvalue weighted by Gasteiger charge is 2.27. The topological polar surface area (TPSA) is 78.2 Å². The van der Waals surface area contributed by atoms with Gasteiger partial charge in [0.1, 0.15) is 16.7 Å². The molecule has 0 heterocycles. The number of phenols is 1. The molecule has 0 unspecified atom stereocenters. The number of nitriles is 1. The summed E-state index contributed by atoms with van der Waals surface area (Å²) >= 11 is 0. The molecule has 0 spiro atoms. The number of nitrogens with zero attached hydrogens (tertiary/aromatic N) is 1. The summed E-state index contributed by atoms with van der Waals surface area (Å²) in [5, 5.41) is 20.6. The molecule has 2 rings (SSSR count). The number of aromatic hydroxyl groups is 1. The Morgan fingerprint density at radius 2 is 1.28 bits per heavy atom. The van der Waals surface area contributed by atoms with E-state index >= 15 is 0 Å². The van der Waals surface area contributed by atoms with Crippen molar-refractivity contribution in [1.29, 1.82) is 5.26 Å². The van der Waals surface area contributed by atoms with E-state index in [0.29, 0.717) is 16.7 Å². The second-order valence-corrected chi connectivity index (χ2v) is 13.3. The van der Waals surface area contributed by atoms with Crippen LogP contribution in [0.25, 0.3) is 6.08 Å². The summed E-state index contributed by atoms with van der Waals surface area (Å²) < 4.78 is 26.4. The summed E-state index contributed by atoms with van der Waals surface area (Å²) in [4.78, 5) is -0.240. The first-order chi connectivity index (χ1) is 14.4. The van der Waals surface area contributed by atoms with Crippen molar-refractivity contribution in [3.8, 4) is 11.8 Å². The van der Waals surface area contributed by atoms with Gasteiger partial charge in [-0.05, 0) is 57.7 Å². The van der Waals surface area contributed by atoms with Gasteiger partial charge >= 0.3 is 0 Å².